The third kappa shape index (κ3) is 6.84. The first kappa shape index (κ1) is 31.6. The molecule has 1 amide bonds. The van der Waals surface area contributed by atoms with Gasteiger partial charge in [0.2, 0.25) is 5.91 Å². The molecule has 3 unspecified atom stereocenters. The topological polar surface area (TPSA) is 76.4 Å². The first-order valence-electron chi connectivity index (χ1n) is 14.5. The highest BCUT2D eigenvalue weighted by molar-refractivity contribution is 5.99. The van der Waals surface area contributed by atoms with Gasteiger partial charge in [-0.2, -0.15) is 18.4 Å². The fourth-order valence-corrected chi connectivity index (χ4v) is 6.69. The lowest BCUT2D eigenvalue weighted by Gasteiger charge is -2.40. The summed E-state index contributed by atoms with van der Waals surface area (Å²) in [5, 5.41) is 12.7. The molecule has 2 saturated heterocycles. The van der Waals surface area contributed by atoms with Gasteiger partial charge in [0, 0.05) is 24.6 Å². The Kier molecular flexibility index (Phi) is 10.1. The van der Waals surface area contributed by atoms with Crippen molar-refractivity contribution >= 4 is 11.7 Å². The number of ketones is 1. The summed E-state index contributed by atoms with van der Waals surface area (Å²) in [6.07, 6.45) is -2.71. The van der Waals surface area contributed by atoms with E-state index in [1.54, 1.807) is 56.3 Å². The Labute approximate surface area is 244 Å². The number of likely N-dealkylation sites (tertiary alicyclic amines) is 1. The van der Waals surface area contributed by atoms with Crippen molar-refractivity contribution in [3.63, 3.8) is 0 Å². The van der Waals surface area contributed by atoms with Crippen molar-refractivity contribution in [3.8, 4) is 6.07 Å². The zero-order valence-electron chi connectivity index (χ0n) is 24.3. The molecule has 2 aromatic carbocycles. The maximum absolute atomic E-state index is 14.7. The average Bonchev–Trinajstić information content (AvgIpc) is 3.47. The largest absolute Gasteiger partial charge is 0.408 e. The summed E-state index contributed by atoms with van der Waals surface area (Å²) in [5.74, 6) is -1.91. The Balaban J connectivity index is 1.56. The van der Waals surface area contributed by atoms with Crippen LogP contribution in [0.25, 0.3) is 0 Å². The number of hydrogen-bond acceptors (Lipinski definition) is 5. The number of amides is 1. The lowest BCUT2D eigenvalue weighted by Crippen LogP contribution is -2.52. The van der Waals surface area contributed by atoms with Crippen LogP contribution in [0.3, 0.4) is 0 Å². The Morgan fingerprint density at radius 2 is 1.90 bits per heavy atom. The molecule has 0 aromatic heterocycles. The molecule has 0 saturated carbocycles. The minimum Gasteiger partial charge on any atom is -0.329 e. The van der Waals surface area contributed by atoms with Crippen LogP contribution in [-0.4, -0.2) is 73.5 Å². The van der Waals surface area contributed by atoms with Crippen molar-refractivity contribution < 1.29 is 27.2 Å². The number of rotatable bonds is 9. The molecule has 5 atom stereocenters. The Bertz CT molecular complexity index is 1320. The zero-order valence-corrected chi connectivity index (χ0v) is 24.3. The van der Waals surface area contributed by atoms with Crippen LogP contribution in [-0.2, 0) is 4.79 Å². The fraction of sp³-hybridized carbons (Fsp3) is 0.531. The predicted molar refractivity (Wildman–Crippen MR) is 151 cm³/mol. The molecule has 1 N–H and O–H groups in total. The van der Waals surface area contributed by atoms with E-state index in [-0.39, 0.29) is 36.4 Å². The van der Waals surface area contributed by atoms with E-state index in [0.717, 1.165) is 10.5 Å². The van der Waals surface area contributed by atoms with Gasteiger partial charge in [0.05, 0.1) is 17.7 Å². The van der Waals surface area contributed by atoms with E-state index in [2.05, 4.69) is 11.4 Å². The van der Waals surface area contributed by atoms with Crippen LogP contribution < -0.4 is 5.32 Å². The molecule has 0 spiro atoms. The maximum atomic E-state index is 14.7. The monoisotopic (exact) mass is 586 g/mol. The summed E-state index contributed by atoms with van der Waals surface area (Å²) in [6.45, 7) is 2.76. The highest BCUT2D eigenvalue weighted by Crippen LogP contribution is 2.41. The second-order valence-corrected chi connectivity index (χ2v) is 11.7. The van der Waals surface area contributed by atoms with E-state index in [1.807, 2.05) is 6.07 Å². The molecule has 0 radical (unpaired) electrons. The van der Waals surface area contributed by atoms with Crippen LogP contribution in [0.2, 0.25) is 0 Å². The Morgan fingerprint density at radius 3 is 2.60 bits per heavy atom. The van der Waals surface area contributed by atoms with Gasteiger partial charge in [-0.25, -0.2) is 4.39 Å². The molecular formula is C32H38F4N4O2. The third-order valence-electron chi connectivity index (χ3n) is 8.87. The van der Waals surface area contributed by atoms with Crippen molar-refractivity contribution in [3.05, 3.63) is 70.5 Å². The number of nitriles is 1. The summed E-state index contributed by atoms with van der Waals surface area (Å²) >= 11 is 0. The van der Waals surface area contributed by atoms with Crippen molar-refractivity contribution in [1.29, 1.82) is 5.26 Å². The molecule has 2 aliphatic heterocycles. The van der Waals surface area contributed by atoms with Crippen molar-refractivity contribution in [2.75, 3.05) is 33.7 Å². The van der Waals surface area contributed by atoms with Gasteiger partial charge in [-0.15, -0.1) is 0 Å². The SMILES string of the molecule is Cc1c(F)cccc1C1C(CCC[C@@H](C(=O)N2CCC[C@H]2C(F)(F)F)N(C)C)CNCC1C(=O)c1cccc(C#N)c1. The minimum absolute atomic E-state index is 0.0789. The normalized spacial score (nSPS) is 23.5. The highest BCUT2D eigenvalue weighted by atomic mass is 19.4. The number of carbonyl (C=O) groups excluding carboxylic acids is 2. The summed E-state index contributed by atoms with van der Waals surface area (Å²) in [7, 11) is 3.40. The Hall–Kier alpha value is -3.29. The quantitative estimate of drug-likeness (QED) is 0.312. The lowest BCUT2D eigenvalue weighted by molar-refractivity contribution is -0.184. The number of piperidine rings is 1. The number of hydrogen-bond donors (Lipinski definition) is 1. The van der Waals surface area contributed by atoms with E-state index in [1.165, 1.54) is 6.07 Å². The van der Waals surface area contributed by atoms with E-state index < -0.39 is 30.1 Å². The number of alkyl halides is 3. The first-order valence-corrected chi connectivity index (χ1v) is 14.5. The van der Waals surface area contributed by atoms with Crippen LogP contribution in [0, 0.1) is 35.9 Å². The van der Waals surface area contributed by atoms with Crippen molar-refractivity contribution in [2.45, 2.75) is 63.2 Å². The number of halogens is 4. The minimum atomic E-state index is -4.46. The van der Waals surface area contributed by atoms with Crippen LogP contribution in [0.15, 0.2) is 42.5 Å². The van der Waals surface area contributed by atoms with Gasteiger partial charge in [0.25, 0.3) is 0 Å². The van der Waals surface area contributed by atoms with Crippen LogP contribution in [0.4, 0.5) is 17.6 Å². The standard InChI is InChI=1S/C32H38F4N4O2/c1-20-24(11-6-12-26(20)33)29-23(18-38-19-25(29)30(41)22-9-4-8-21(16-22)17-37)10-5-13-27(39(2)3)31(42)40-15-7-14-28(40)32(34,35)36/h4,6,8-9,11-12,16,23,25,27-29,38H,5,7,10,13-15,18-19H2,1-3H3/t23?,25?,27-,28-,29?/m0/s1. The predicted octanol–water partition coefficient (Wildman–Crippen LogP) is 5.46. The van der Waals surface area contributed by atoms with Gasteiger partial charge >= 0.3 is 6.18 Å². The number of nitrogens with one attached hydrogen (secondary N) is 1. The molecule has 0 aliphatic carbocycles. The Morgan fingerprint density at radius 1 is 1.17 bits per heavy atom. The van der Waals surface area contributed by atoms with Gasteiger partial charge in [-0.3, -0.25) is 14.5 Å². The smallest absolute Gasteiger partial charge is 0.329 e. The molecule has 42 heavy (non-hydrogen) atoms. The number of benzene rings is 2. The van der Waals surface area contributed by atoms with E-state index in [9.17, 15) is 32.4 Å². The summed E-state index contributed by atoms with van der Waals surface area (Å²) in [5.41, 5.74) is 2.03. The average molecular weight is 587 g/mol. The molecule has 4 rings (SSSR count). The molecule has 2 fully saturated rings. The van der Waals surface area contributed by atoms with Gasteiger partial charge < -0.3 is 10.2 Å². The second kappa shape index (κ2) is 13.3. The summed E-state index contributed by atoms with van der Waals surface area (Å²) < 4.78 is 55.5. The number of nitrogens with zero attached hydrogens (tertiary/aromatic N) is 3. The second-order valence-electron chi connectivity index (χ2n) is 11.7. The summed E-state index contributed by atoms with van der Waals surface area (Å²) in [4.78, 5) is 29.8. The van der Waals surface area contributed by atoms with Gasteiger partial charge in [-0.1, -0.05) is 30.7 Å². The molecule has 226 valence electrons. The third-order valence-corrected chi connectivity index (χ3v) is 8.87. The van der Waals surface area contributed by atoms with Gasteiger partial charge in [0.1, 0.15) is 11.9 Å². The molecule has 2 heterocycles. The molecule has 0 bridgehead atoms. The highest BCUT2D eigenvalue weighted by Gasteiger charge is 2.49. The molecule has 6 nitrogen and oxygen atoms in total. The number of likely N-dealkylation sites (N-methyl/N-ethyl adjacent to an activating group) is 1. The molecule has 2 aromatic rings. The molecule has 2 aliphatic rings. The molecule has 10 heteroatoms. The first-order chi connectivity index (χ1) is 19.9. The van der Waals surface area contributed by atoms with Crippen LogP contribution in [0.1, 0.15) is 65.1 Å². The molecular weight excluding hydrogens is 548 g/mol. The van der Waals surface area contributed by atoms with Gasteiger partial charge in [-0.05, 0) is 94.4 Å². The van der Waals surface area contributed by atoms with Gasteiger partial charge in [0.15, 0.2) is 5.78 Å². The van der Waals surface area contributed by atoms with Crippen molar-refractivity contribution in [2.24, 2.45) is 11.8 Å². The zero-order chi connectivity index (χ0) is 30.6. The maximum Gasteiger partial charge on any atom is 0.408 e. The van der Waals surface area contributed by atoms with E-state index >= 15 is 0 Å². The number of Topliss-reactive ketones (excluding diaryl/α,β-unsaturated/α-hetero) is 1. The van der Waals surface area contributed by atoms with Crippen LogP contribution in [0.5, 0.6) is 0 Å². The number of carbonyl (C=O) groups is 2. The summed E-state index contributed by atoms with van der Waals surface area (Å²) in [6, 6.07) is 11.1. The van der Waals surface area contributed by atoms with Crippen LogP contribution >= 0.6 is 0 Å². The van der Waals surface area contributed by atoms with E-state index in [0.29, 0.717) is 55.5 Å². The van der Waals surface area contributed by atoms with Crippen molar-refractivity contribution in [1.82, 2.24) is 15.1 Å². The lowest BCUT2D eigenvalue weighted by atomic mass is 9.69. The van der Waals surface area contributed by atoms with E-state index in [4.69, 9.17) is 0 Å². The fourth-order valence-electron chi connectivity index (χ4n) is 6.69.